The second-order valence-electron chi connectivity index (χ2n) is 8.40. The van der Waals surface area contributed by atoms with E-state index in [1.165, 1.54) is 17.8 Å². The van der Waals surface area contributed by atoms with Gasteiger partial charge in [0.2, 0.25) is 5.91 Å². The Morgan fingerprint density at radius 1 is 0.882 bits per heavy atom. The second-order valence-corrected chi connectivity index (χ2v) is 8.40. The molecule has 0 radical (unpaired) electrons. The zero-order chi connectivity index (χ0) is 23.7. The fraction of sp³-hybridized carbons (Fsp3) is 0.240. The monoisotopic (exact) mass is 461 g/mol. The van der Waals surface area contributed by atoms with Gasteiger partial charge in [-0.1, -0.05) is 48.5 Å². The molecule has 0 spiro atoms. The molecule has 2 N–H and O–H groups in total. The van der Waals surface area contributed by atoms with Gasteiger partial charge in [0.25, 0.3) is 5.56 Å². The van der Waals surface area contributed by atoms with Gasteiger partial charge in [0.05, 0.1) is 5.52 Å². The summed E-state index contributed by atoms with van der Waals surface area (Å²) in [6, 6.07) is 16.3. The normalized spacial score (nSPS) is 14.6. The van der Waals surface area contributed by atoms with Gasteiger partial charge in [0, 0.05) is 50.0 Å². The maximum Gasteiger partial charge on any atom is 0.329 e. The molecular formula is C25H24FN5O3. The Labute approximate surface area is 194 Å². The van der Waals surface area contributed by atoms with Gasteiger partial charge >= 0.3 is 5.69 Å². The average molecular weight is 461 g/mol. The van der Waals surface area contributed by atoms with Crippen LogP contribution in [0.4, 0.5) is 4.39 Å². The third-order valence-corrected chi connectivity index (χ3v) is 6.25. The Balaban J connectivity index is 1.31. The highest BCUT2D eigenvalue weighted by atomic mass is 19.1. The number of halogens is 1. The van der Waals surface area contributed by atoms with Crippen molar-refractivity contribution in [3.63, 3.8) is 0 Å². The predicted molar refractivity (Wildman–Crippen MR) is 127 cm³/mol. The van der Waals surface area contributed by atoms with Crippen LogP contribution < -0.4 is 11.2 Å². The van der Waals surface area contributed by atoms with Crippen molar-refractivity contribution < 1.29 is 9.18 Å². The van der Waals surface area contributed by atoms with E-state index in [4.69, 9.17) is 0 Å². The topological polar surface area (TPSA) is 94.2 Å². The number of amides is 1. The molecule has 3 heterocycles. The summed E-state index contributed by atoms with van der Waals surface area (Å²) in [7, 11) is 0. The number of aromatic nitrogens is 3. The molecule has 0 atom stereocenters. The first-order chi connectivity index (χ1) is 16.5. The van der Waals surface area contributed by atoms with Gasteiger partial charge in [-0.15, -0.1) is 0 Å². The van der Waals surface area contributed by atoms with Crippen molar-refractivity contribution in [2.24, 2.45) is 0 Å². The summed E-state index contributed by atoms with van der Waals surface area (Å²) < 4.78 is 15.1. The molecule has 34 heavy (non-hydrogen) atoms. The smallest absolute Gasteiger partial charge is 0.329 e. The SMILES string of the molecule is O=C(Cn1c(=O)[nH]c2c(-c3ccccc3F)c[nH]c2c1=O)N1CCN(Cc2ccccc2)CC1. The number of nitrogens with zero attached hydrogens (tertiary/aromatic N) is 3. The molecule has 1 aliphatic heterocycles. The summed E-state index contributed by atoms with van der Waals surface area (Å²) in [5, 5.41) is 0. The largest absolute Gasteiger partial charge is 0.355 e. The number of aromatic amines is 2. The predicted octanol–water partition coefficient (Wildman–Crippen LogP) is 2.17. The molecule has 1 amide bonds. The van der Waals surface area contributed by atoms with E-state index in [2.05, 4.69) is 27.0 Å². The number of carbonyl (C=O) groups is 1. The van der Waals surface area contributed by atoms with Gasteiger partial charge in [-0.2, -0.15) is 0 Å². The quantitative estimate of drug-likeness (QED) is 0.476. The zero-order valence-corrected chi connectivity index (χ0v) is 18.5. The van der Waals surface area contributed by atoms with Crippen LogP contribution in [0, 0.1) is 5.82 Å². The maximum absolute atomic E-state index is 14.2. The Kier molecular flexibility index (Phi) is 5.85. The van der Waals surface area contributed by atoms with Crippen LogP contribution in [0.15, 0.2) is 70.4 Å². The standard InChI is InChI=1S/C25H24FN5O3/c26-20-9-5-4-8-18(20)19-14-27-23-22(19)28-25(34)31(24(23)33)16-21(32)30-12-10-29(11-13-30)15-17-6-2-1-3-7-17/h1-9,14,27H,10-13,15-16H2,(H,28,34). The van der Waals surface area contributed by atoms with E-state index in [9.17, 15) is 18.8 Å². The minimum Gasteiger partial charge on any atom is -0.355 e. The first-order valence-corrected chi connectivity index (χ1v) is 11.1. The second kappa shape index (κ2) is 9.11. The summed E-state index contributed by atoms with van der Waals surface area (Å²) >= 11 is 0. The van der Waals surface area contributed by atoms with Gasteiger partial charge in [-0.3, -0.25) is 14.5 Å². The van der Waals surface area contributed by atoms with E-state index < -0.39 is 17.1 Å². The molecular weight excluding hydrogens is 437 g/mol. The van der Waals surface area contributed by atoms with Crippen molar-refractivity contribution in [2.75, 3.05) is 26.2 Å². The van der Waals surface area contributed by atoms with Crippen LogP contribution in [0.25, 0.3) is 22.2 Å². The minimum atomic E-state index is -0.703. The summed E-state index contributed by atoms with van der Waals surface area (Å²) in [6.45, 7) is 2.95. The average Bonchev–Trinajstić information content (AvgIpc) is 3.26. The lowest BCUT2D eigenvalue weighted by atomic mass is 10.1. The van der Waals surface area contributed by atoms with Crippen LogP contribution in [0.3, 0.4) is 0 Å². The van der Waals surface area contributed by atoms with E-state index >= 15 is 0 Å². The van der Waals surface area contributed by atoms with Gasteiger partial charge in [-0.05, 0) is 11.6 Å². The van der Waals surface area contributed by atoms with Crippen molar-refractivity contribution in [3.8, 4) is 11.1 Å². The molecule has 174 valence electrons. The lowest BCUT2D eigenvalue weighted by Crippen LogP contribution is -2.50. The molecule has 4 aromatic rings. The van der Waals surface area contributed by atoms with Crippen LogP contribution in [-0.4, -0.2) is 56.4 Å². The number of H-pyrrole nitrogens is 2. The highest BCUT2D eigenvalue weighted by Crippen LogP contribution is 2.27. The number of nitrogens with one attached hydrogen (secondary N) is 2. The minimum absolute atomic E-state index is 0.123. The number of benzene rings is 2. The van der Waals surface area contributed by atoms with Crippen LogP contribution in [-0.2, 0) is 17.9 Å². The Hall–Kier alpha value is -3.98. The number of fused-ring (bicyclic) bond motifs is 1. The molecule has 5 rings (SSSR count). The van der Waals surface area contributed by atoms with E-state index in [1.807, 2.05) is 18.2 Å². The van der Waals surface area contributed by atoms with Crippen molar-refractivity contribution >= 4 is 16.9 Å². The summed E-state index contributed by atoms with van der Waals surface area (Å²) in [5.74, 6) is -0.748. The van der Waals surface area contributed by atoms with Gasteiger partial charge < -0.3 is 14.9 Å². The number of piperazine rings is 1. The molecule has 0 aliphatic carbocycles. The van der Waals surface area contributed by atoms with Crippen molar-refractivity contribution in [1.29, 1.82) is 0 Å². The molecule has 0 saturated carbocycles. The summed E-state index contributed by atoms with van der Waals surface area (Å²) in [5.41, 5.74) is 0.899. The Bertz CT molecular complexity index is 1450. The van der Waals surface area contributed by atoms with E-state index in [1.54, 1.807) is 23.1 Å². The molecule has 1 aliphatic rings. The Morgan fingerprint density at radius 2 is 1.59 bits per heavy atom. The van der Waals surface area contributed by atoms with Gasteiger partial charge in [0.1, 0.15) is 17.9 Å². The maximum atomic E-state index is 14.2. The highest BCUT2D eigenvalue weighted by Gasteiger charge is 2.23. The number of hydrogen-bond donors (Lipinski definition) is 2. The lowest BCUT2D eigenvalue weighted by Gasteiger charge is -2.34. The fourth-order valence-corrected chi connectivity index (χ4v) is 4.39. The summed E-state index contributed by atoms with van der Waals surface area (Å²) in [6.07, 6.45) is 1.48. The van der Waals surface area contributed by atoms with E-state index in [0.717, 1.165) is 11.1 Å². The van der Waals surface area contributed by atoms with E-state index in [-0.39, 0.29) is 29.0 Å². The number of rotatable bonds is 5. The molecule has 1 saturated heterocycles. The Morgan fingerprint density at radius 3 is 2.32 bits per heavy atom. The van der Waals surface area contributed by atoms with Crippen LogP contribution >= 0.6 is 0 Å². The van der Waals surface area contributed by atoms with Crippen molar-refractivity contribution in [3.05, 3.63) is 93.0 Å². The molecule has 8 nitrogen and oxygen atoms in total. The third kappa shape index (κ3) is 4.17. The van der Waals surface area contributed by atoms with Crippen molar-refractivity contribution in [1.82, 2.24) is 24.3 Å². The molecule has 0 unspecified atom stereocenters. The molecule has 2 aromatic heterocycles. The van der Waals surface area contributed by atoms with Gasteiger partial charge in [-0.25, -0.2) is 13.8 Å². The van der Waals surface area contributed by atoms with Crippen LogP contribution in [0.2, 0.25) is 0 Å². The third-order valence-electron chi connectivity index (χ3n) is 6.25. The lowest BCUT2D eigenvalue weighted by molar-refractivity contribution is -0.133. The first-order valence-electron chi connectivity index (χ1n) is 11.1. The summed E-state index contributed by atoms with van der Waals surface area (Å²) in [4.78, 5) is 48.0. The zero-order valence-electron chi connectivity index (χ0n) is 18.5. The first kappa shape index (κ1) is 21.8. The number of carbonyl (C=O) groups excluding carboxylic acids is 1. The van der Waals surface area contributed by atoms with E-state index in [0.29, 0.717) is 31.7 Å². The molecule has 9 heteroatoms. The van der Waals surface area contributed by atoms with Crippen LogP contribution in [0.5, 0.6) is 0 Å². The highest BCUT2D eigenvalue weighted by molar-refractivity contribution is 5.92. The number of hydrogen-bond acceptors (Lipinski definition) is 4. The fourth-order valence-electron chi connectivity index (χ4n) is 4.39. The molecule has 0 bridgehead atoms. The van der Waals surface area contributed by atoms with Crippen molar-refractivity contribution in [2.45, 2.75) is 13.1 Å². The molecule has 1 fully saturated rings. The van der Waals surface area contributed by atoms with Gasteiger partial charge in [0.15, 0.2) is 0 Å². The molecule has 2 aromatic carbocycles. The van der Waals surface area contributed by atoms with Crippen LogP contribution in [0.1, 0.15) is 5.56 Å².